The smallest absolute Gasteiger partial charge is 0.142 e. The van der Waals surface area contributed by atoms with E-state index in [1.807, 2.05) is 25.1 Å². The highest BCUT2D eigenvalue weighted by Crippen LogP contribution is 2.31. The van der Waals surface area contributed by atoms with Crippen molar-refractivity contribution in [3.8, 4) is 0 Å². The summed E-state index contributed by atoms with van der Waals surface area (Å²) in [6.45, 7) is 4.92. The molecule has 20 heavy (non-hydrogen) atoms. The molecule has 2 rings (SSSR count). The molecule has 1 aromatic carbocycles. The van der Waals surface area contributed by atoms with Gasteiger partial charge in [-0.25, -0.2) is 4.39 Å². The molecule has 0 aliphatic rings. The van der Waals surface area contributed by atoms with Gasteiger partial charge in [-0.15, -0.1) is 0 Å². The van der Waals surface area contributed by atoms with Crippen LogP contribution in [0.15, 0.2) is 34.7 Å². The number of rotatable bonds is 6. The molecule has 0 saturated carbocycles. The van der Waals surface area contributed by atoms with Crippen LogP contribution >= 0.6 is 11.6 Å². The van der Waals surface area contributed by atoms with Gasteiger partial charge in [0.1, 0.15) is 17.3 Å². The fourth-order valence-corrected chi connectivity index (χ4v) is 2.37. The van der Waals surface area contributed by atoms with Gasteiger partial charge in [-0.05, 0) is 36.7 Å². The fourth-order valence-electron chi connectivity index (χ4n) is 2.14. The number of hydrogen-bond donors (Lipinski definition) is 1. The lowest BCUT2D eigenvalue weighted by atomic mass is 10.0. The molecule has 0 aliphatic heterocycles. The SMILES string of the molecule is CCCNC(c1ccc(CC)o1)c1cccc(F)c1Cl. The molecule has 0 aliphatic carbocycles. The van der Waals surface area contributed by atoms with Crippen LogP contribution in [0.4, 0.5) is 4.39 Å². The van der Waals surface area contributed by atoms with Crippen LogP contribution in [-0.2, 0) is 6.42 Å². The summed E-state index contributed by atoms with van der Waals surface area (Å²) in [6, 6.07) is 8.51. The molecule has 2 nitrogen and oxygen atoms in total. The highest BCUT2D eigenvalue weighted by molar-refractivity contribution is 6.31. The van der Waals surface area contributed by atoms with Gasteiger partial charge in [0, 0.05) is 6.42 Å². The van der Waals surface area contributed by atoms with E-state index in [9.17, 15) is 4.39 Å². The Kier molecular flexibility index (Phi) is 5.21. The third kappa shape index (κ3) is 3.22. The monoisotopic (exact) mass is 295 g/mol. The third-order valence-corrected chi connectivity index (χ3v) is 3.61. The van der Waals surface area contributed by atoms with E-state index in [4.69, 9.17) is 16.0 Å². The van der Waals surface area contributed by atoms with Crippen LogP contribution in [0.3, 0.4) is 0 Å². The van der Waals surface area contributed by atoms with Crippen LogP contribution in [0.25, 0.3) is 0 Å². The quantitative estimate of drug-likeness (QED) is 0.834. The topological polar surface area (TPSA) is 25.2 Å². The van der Waals surface area contributed by atoms with Crippen LogP contribution in [0.2, 0.25) is 5.02 Å². The van der Waals surface area contributed by atoms with E-state index in [-0.39, 0.29) is 11.1 Å². The molecule has 1 unspecified atom stereocenters. The summed E-state index contributed by atoms with van der Waals surface area (Å²) in [7, 11) is 0. The third-order valence-electron chi connectivity index (χ3n) is 3.21. The Balaban J connectivity index is 2.38. The Morgan fingerprint density at radius 1 is 1.25 bits per heavy atom. The molecule has 4 heteroatoms. The zero-order valence-corrected chi connectivity index (χ0v) is 12.5. The summed E-state index contributed by atoms with van der Waals surface area (Å²) in [5.74, 6) is 1.27. The van der Waals surface area contributed by atoms with Gasteiger partial charge < -0.3 is 9.73 Å². The summed E-state index contributed by atoms with van der Waals surface area (Å²) in [4.78, 5) is 0. The molecule has 1 aromatic heterocycles. The lowest BCUT2D eigenvalue weighted by Gasteiger charge is -2.18. The maximum absolute atomic E-state index is 13.7. The number of furan rings is 1. The summed E-state index contributed by atoms with van der Waals surface area (Å²) < 4.78 is 19.5. The van der Waals surface area contributed by atoms with Crippen molar-refractivity contribution in [3.05, 3.63) is 58.3 Å². The van der Waals surface area contributed by atoms with Gasteiger partial charge in [0.05, 0.1) is 11.1 Å². The van der Waals surface area contributed by atoms with Crippen molar-refractivity contribution in [1.29, 1.82) is 0 Å². The molecule has 0 fully saturated rings. The highest BCUT2D eigenvalue weighted by atomic mass is 35.5. The van der Waals surface area contributed by atoms with E-state index in [1.165, 1.54) is 6.07 Å². The highest BCUT2D eigenvalue weighted by Gasteiger charge is 2.21. The summed E-state index contributed by atoms with van der Waals surface area (Å²) in [5, 5.41) is 3.51. The molecule has 1 heterocycles. The van der Waals surface area contributed by atoms with Crippen molar-refractivity contribution in [1.82, 2.24) is 5.32 Å². The molecule has 0 bridgehead atoms. The molecule has 0 spiro atoms. The summed E-state index contributed by atoms with van der Waals surface area (Å²) in [6.07, 6.45) is 1.81. The molecular formula is C16H19ClFNO. The number of benzene rings is 1. The fraction of sp³-hybridized carbons (Fsp3) is 0.375. The second-order valence-electron chi connectivity index (χ2n) is 4.69. The maximum atomic E-state index is 13.7. The Labute approximate surface area is 123 Å². The number of halogens is 2. The Morgan fingerprint density at radius 3 is 2.70 bits per heavy atom. The first-order valence-electron chi connectivity index (χ1n) is 6.93. The summed E-state index contributed by atoms with van der Waals surface area (Å²) >= 11 is 6.10. The standard InChI is InChI=1S/C16H19ClFNO/c1-3-10-19-16(14-9-8-11(4-2)20-14)12-6-5-7-13(18)15(12)17/h5-9,16,19H,3-4,10H2,1-2H3. The zero-order chi connectivity index (χ0) is 14.5. The maximum Gasteiger partial charge on any atom is 0.142 e. The Morgan fingerprint density at radius 2 is 2.05 bits per heavy atom. The van der Waals surface area contributed by atoms with Crippen LogP contribution in [0.1, 0.15) is 43.4 Å². The lowest BCUT2D eigenvalue weighted by Crippen LogP contribution is -2.23. The number of nitrogens with one attached hydrogen (secondary N) is 1. The van der Waals surface area contributed by atoms with Crippen LogP contribution in [-0.4, -0.2) is 6.54 Å². The van der Waals surface area contributed by atoms with Crippen molar-refractivity contribution in [2.75, 3.05) is 6.54 Å². The van der Waals surface area contributed by atoms with Gasteiger partial charge in [-0.3, -0.25) is 0 Å². The van der Waals surface area contributed by atoms with Crippen molar-refractivity contribution in [2.45, 2.75) is 32.7 Å². The second-order valence-corrected chi connectivity index (χ2v) is 5.07. The minimum atomic E-state index is -0.408. The predicted molar refractivity (Wildman–Crippen MR) is 79.6 cm³/mol. The van der Waals surface area contributed by atoms with E-state index in [1.54, 1.807) is 6.07 Å². The average Bonchev–Trinajstić information content (AvgIpc) is 2.92. The number of aryl methyl sites for hydroxylation is 1. The Bertz CT molecular complexity index is 567. The molecule has 0 saturated heterocycles. The Hall–Kier alpha value is -1.32. The lowest BCUT2D eigenvalue weighted by molar-refractivity contribution is 0.421. The molecule has 1 N–H and O–H groups in total. The van der Waals surface area contributed by atoms with Crippen molar-refractivity contribution in [3.63, 3.8) is 0 Å². The molecule has 0 amide bonds. The average molecular weight is 296 g/mol. The van der Waals surface area contributed by atoms with Gasteiger partial charge in [-0.1, -0.05) is 37.6 Å². The van der Waals surface area contributed by atoms with Gasteiger partial charge in [0.25, 0.3) is 0 Å². The van der Waals surface area contributed by atoms with Gasteiger partial charge in [0.15, 0.2) is 0 Å². The normalized spacial score (nSPS) is 12.6. The zero-order valence-electron chi connectivity index (χ0n) is 11.7. The van der Waals surface area contributed by atoms with Gasteiger partial charge >= 0.3 is 0 Å². The molecule has 1 atom stereocenters. The number of hydrogen-bond acceptors (Lipinski definition) is 2. The first-order valence-corrected chi connectivity index (χ1v) is 7.31. The van der Waals surface area contributed by atoms with Gasteiger partial charge in [-0.2, -0.15) is 0 Å². The molecule has 2 aromatic rings. The van der Waals surface area contributed by atoms with Crippen molar-refractivity contribution < 1.29 is 8.81 Å². The molecular weight excluding hydrogens is 277 g/mol. The van der Waals surface area contributed by atoms with E-state index in [0.29, 0.717) is 5.56 Å². The van der Waals surface area contributed by atoms with Crippen molar-refractivity contribution >= 4 is 11.6 Å². The van der Waals surface area contributed by atoms with E-state index < -0.39 is 5.82 Å². The van der Waals surface area contributed by atoms with Crippen LogP contribution in [0, 0.1) is 5.82 Å². The minimum absolute atomic E-state index is 0.149. The van der Waals surface area contributed by atoms with Gasteiger partial charge in [0.2, 0.25) is 0 Å². The van der Waals surface area contributed by atoms with Crippen molar-refractivity contribution in [2.24, 2.45) is 0 Å². The van der Waals surface area contributed by atoms with E-state index in [2.05, 4.69) is 12.2 Å². The van der Waals surface area contributed by atoms with Crippen LogP contribution < -0.4 is 5.32 Å². The predicted octanol–water partition coefficient (Wildman–Crippen LogP) is 4.72. The van der Waals surface area contributed by atoms with Crippen LogP contribution in [0.5, 0.6) is 0 Å². The first-order chi connectivity index (χ1) is 9.67. The second kappa shape index (κ2) is 6.91. The van der Waals surface area contributed by atoms with E-state index in [0.717, 1.165) is 30.9 Å². The molecule has 108 valence electrons. The summed E-state index contributed by atoms with van der Waals surface area (Å²) in [5.41, 5.74) is 0.706. The van der Waals surface area contributed by atoms with E-state index >= 15 is 0 Å². The largest absolute Gasteiger partial charge is 0.464 e. The first kappa shape index (κ1) is 15.1. The molecule has 0 radical (unpaired) electrons. The minimum Gasteiger partial charge on any atom is -0.464 e.